The number of rotatable bonds is 6. The number of primary amides is 1. The maximum atomic E-state index is 12.3. The topological polar surface area (TPSA) is 143 Å². The Balaban J connectivity index is 1.94. The fraction of sp³-hybridized carbons (Fsp3) is 0.211. The molecule has 2 aromatic carbocycles. The highest BCUT2D eigenvalue weighted by Crippen LogP contribution is 2.56. The Labute approximate surface area is 146 Å². The number of hydrogen-bond donors (Lipinski definition) is 5. The van der Waals surface area contributed by atoms with Crippen molar-refractivity contribution >= 4 is 17.6 Å². The molecule has 0 radical (unpaired) electrons. The molecule has 2 atom stereocenters. The minimum absolute atomic E-state index is 0.0146. The lowest BCUT2D eigenvalue weighted by atomic mass is 9.86. The van der Waals surface area contributed by atoms with Crippen molar-refractivity contribution in [2.45, 2.75) is 18.3 Å². The number of amidine groups is 2. The lowest BCUT2D eigenvalue weighted by Crippen LogP contribution is -2.33. The molecule has 0 spiro atoms. The number of carbonyl (C=O) groups is 1. The van der Waals surface area contributed by atoms with Crippen molar-refractivity contribution in [3.05, 3.63) is 70.8 Å². The van der Waals surface area contributed by atoms with Crippen LogP contribution < -0.4 is 17.2 Å². The summed E-state index contributed by atoms with van der Waals surface area (Å²) in [6.07, 6.45) is 1.27. The first-order valence-electron chi connectivity index (χ1n) is 8.03. The largest absolute Gasteiger partial charge is 0.384 e. The van der Waals surface area contributed by atoms with E-state index in [0.717, 1.165) is 11.1 Å². The van der Waals surface area contributed by atoms with Crippen molar-refractivity contribution in [1.82, 2.24) is 0 Å². The predicted molar refractivity (Wildman–Crippen MR) is 97.6 cm³/mol. The first kappa shape index (κ1) is 16.7. The van der Waals surface area contributed by atoms with E-state index in [9.17, 15) is 4.79 Å². The van der Waals surface area contributed by atoms with Gasteiger partial charge in [0.1, 0.15) is 11.7 Å². The van der Waals surface area contributed by atoms with Gasteiger partial charge in [0.25, 0.3) is 0 Å². The molecule has 25 heavy (non-hydrogen) atoms. The third-order valence-corrected chi connectivity index (χ3v) is 4.96. The second-order valence-corrected chi connectivity index (χ2v) is 6.51. The van der Waals surface area contributed by atoms with Crippen molar-refractivity contribution in [2.75, 3.05) is 0 Å². The number of nitrogens with two attached hydrogens (primary N) is 3. The van der Waals surface area contributed by atoms with E-state index in [0.29, 0.717) is 24.0 Å². The first-order valence-corrected chi connectivity index (χ1v) is 8.03. The number of nitrogen functional groups attached to an aromatic ring is 2. The maximum Gasteiger partial charge on any atom is 0.228 e. The third-order valence-electron chi connectivity index (χ3n) is 4.96. The van der Waals surface area contributed by atoms with Gasteiger partial charge in [-0.15, -0.1) is 0 Å². The van der Waals surface area contributed by atoms with E-state index in [-0.39, 0.29) is 17.6 Å². The summed E-state index contributed by atoms with van der Waals surface area (Å²) in [4.78, 5) is 12.3. The Bertz CT molecular complexity index is 876. The fourth-order valence-corrected chi connectivity index (χ4v) is 3.60. The van der Waals surface area contributed by atoms with Crippen molar-refractivity contribution in [3.63, 3.8) is 0 Å². The van der Waals surface area contributed by atoms with E-state index in [2.05, 4.69) is 0 Å². The van der Waals surface area contributed by atoms with Gasteiger partial charge < -0.3 is 17.2 Å². The highest BCUT2D eigenvalue weighted by atomic mass is 16.1. The zero-order valence-corrected chi connectivity index (χ0v) is 13.8. The van der Waals surface area contributed by atoms with Gasteiger partial charge in [0.15, 0.2) is 0 Å². The molecular formula is C19H21N5O. The summed E-state index contributed by atoms with van der Waals surface area (Å²) in [7, 11) is 0. The number of carbonyl (C=O) groups excluding carboxylic acids is 1. The molecule has 1 saturated carbocycles. The van der Waals surface area contributed by atoms with Crippen LogP contribution >= 0.6 is 0 Å². The molecule has 8 N–H and O–H groups in total. The minimum atomic E-state index is -0.797. The molecular weight excluding hydrogens is 314 g/mol. The van der Waals surface area contributed by atoms with Crippen molar-refractivity contribution in [2.24, 2.45) is 23.1 Å². The molecule has 0 bridgehead atoms. The number of hydrogen-bond acceptors (Lipinski definition) is 3. The first-order chi connectivity index (χ1) is 11.9. The highest BCUT2D eigenvalue weighted by Gasteiger charge is 2.60. The van der Waals surface area contributed by atoms with Gasteiger partial charge in [0.2, 0.25) is 5.91 Å². The standard InChI is InChI=1S/C19H21N5O/c20-16(21)12-5-3-4-11(8-12)9-13-10-19(13,18(24)25)15-7-2-1-6-14(15)17(22)23/h1-8,13H,9-10H2,(H3,20,21)(H3,22,23)(H2,24,25). The average molecular weight is 335 g/mol. The summed E-state index contributed by atoms with van der Waals surface area (Å²) in [5.74, 6) is -0.414. The van der Waals surface area contributed by atoms with Crippen LogP contribution in [-0.2, 0) is 16.6 Å². The fourth-order valence-electron chi connectivity index (χ4n) is 3.60. The Kier molecular flexibility index (Phi) is 4.04. The molecule has 1 fully saturated rings. The van der Waals surface area contributed by atoms with E-state index >= 15 is 0 Å². The molecule has 0 aromatic heterocycles. The van der Waals surface area contributed by atoms with Crippen molar-refractivity contribution in [1.29, 1.82) is 10.8 Å². The predicted octanol–water partition coefficient (Wildman–Crippen LogP) is 1.24. The van der Waals surface area contributed by atoms with E-state index in [4.69, 9.17) is 28.0 Å². The molecule has 0 saturated heterocycles. The van der Waals surface area contributed by atoms with Gasteiger partial charge in [-0.3, -0.25) is 15.6 Å². The van der Waals surface area contributed by atoms with Gasteiger partial charge in [-0.05, 0) is 36.0 Å². The minimum Gasteiger partial charge on any atom is -0.384 e. The molecule has 1 amide bonds. The van der Waals surface area contributed by atoms with Crippen LogP contribution in [0.2, 0.25) is 0 Å². The molecule has 6 nitrogen and oxygen atoms in total. The quantitative estimate of drug-likeness (QED) is 0.400. The number of benzene rings is 2. The van der Waals surface area contributed by atoms with Crippen LogP contribution in [0.1, 0.15) is 28.7 Å². The second-order valence-electron chi connectivity index (χ2n) is 6.51. The molecule has 128 valence electrons. The molecule has 2 aromatic rings. The van der Waals surface area contributed by atoms with E-state index in [1.54, 1.807) is 18.2 Å². The number of amides is 1. The number of nitrogens with one attached hydrogen (secondary N) is 2. The summed E-state index contributed by atoms with van der Waals surface area (Å²) in [6, 6.07) is 14.6. The Hall–Kier alpha value is -3.15. The summed E-state index contributed by atoms with van der Waals surface area (Å²) in [5.41, 5.74) is 19.1. The Morgan fingerprint density at radius 3 is 2.40 bits per heavy atom. The van der Waals surface area contributed by atoms with Gasteiger partial charge in [-0.1, -0.05) is 42.5 Å². The molecule has 0 aliphatic heterocycles. The van der Waals surface area contributed by atoms with Crippen LogP contribution in [0.5, 0.6) is 0 Å². The summed E-state index contributed by atoms with van der Waals surface area (Å²) in [6.45, 7) is 0. The zero-order chi connectivity index (χ0) is 18.2. The van der Waals surface area contributed by atoms with Crippen LogP contribution in [0.4, 0.5) is 0 Å². The molecule has 6 heteroatoms. The molecule has 0 heterocycles. The van der Waals surface area contributed by atoms with Crippen molar-refractivity contribution < 1.29 is 4.79 Å². The second kappa shape index (κ2) is 6.05. The molecule has 1 aliphatic carbocycles. The molecule has 1 aliphatic rings. The van der Waals surface area contributed by atoms with Crippen LogP contribution in [0.15, 0.2) is 48.5 Å². The van der Waals surface area contributed by atoms with Crippen LogP contribution in [0.25, 0.3) is 0 Å². The summed E-state index contributed by atoms with van der Waals surface area (Å²) in [5, 5.41) is 15.3. The highest BCUT2D eigenvalue weighted by molar-refractivity contribution is 6.01. The van der Waals surface area contributed by atoms with E-state index in [1.807, 2.05) is 30.3 Å². The van der Waals surface area contributed by atoms with Crippen LogP contribution in [0.3, 0.4) is 0 Å². The Morgan fingerprint density at radius 2 is 1.76 bits per heavy atom. The smallest absolute Gasteiger partial charge is 0.228 e. The maximum absolute atomic E-state index is 12.3. The Morgan fingerprint density at radius 1 is 1.04 bits per heavy atom. The average Bonchev–Trinajstić information content (AvgIpc) is 3.30. The van der Waals surface area contributed by atoms with Crippen LogP contribution in [-0.4, -0.2) is 17.6 Å². The van der Waals surface area contributed by atoms with Gasteiger partial charge in [0, 0.05) is 11.1 Å². The monoisotopic (exact) mass is 335 g/mol. The summed E-state index contributed by atoms with van der Waals surface area (Å²) < 4.78 is 0. The lowest BCUT2D eigenvalue weighted by Gasteiger charge is -2.18. The van der Waals surface area contributed by atoms with Gasteiger partial charge in [-0.25, -0.2) is 0 Å². The van der Waals surface area contributed by atoms with E-state index < -0.39 is 11.3 Å². The van der Waals surface area contributed by atoms with Gasteiger partial charge in [0.05, 0.1) is 5.41 Å². The van der Waals surface area contributed by atoms with E-state index in [1.165, 1.54) is 0 Å². The molecule has 3 rings (SSSR count). The van der Waals surface area contributed by atoms with Gasteiger partial charge in [-0.2, -0.15) is 0 Å². The molecule has 2 unspecified atom stereocenters. The van der Waals surface area contributed by atoms with Crippen molar-refractivity contribution in [3.8, 4) is 0 Å². The van der Waals surface area contributed by atoms with Crippen LogP contribution in [0, 0.1) is 16.7 Å². The third kappa shape index (κ3) is 2.87. The van der Waals surface area contributed by atoms with Gasteiger partial charge >= 0.3 is 0 Å². The SMILES string of the molecule is N=C(N)c1cccc(CC2CC2(C(N)=O)c2ccccc2C(=N)N)c1. The summed E-state index contributed by atoms with van der Waals surface area (Å²) >= 11 is 0. The zero-order valence-electron chi connectivity index (χ0n) is 13.8. The lowest BCUT2D eigenvalue weighted by molar-refractivity contribution is -0.120. The normalized spacial score (nSPS) is 21.5.